The molecule has 1 fully saturated rings. The lowest BCUT2D eigenvalue weighted by Crippen LogP contribution is -2.37. The molecule has 2 heterocycles. The van der Waals surface area contributed by atoms with Crippen molar-refractivity contribution >= 4 is 10.1 Å². The van der Waals surface area contributed by atoms with Gasteiger partial charge in [-0.2, -0.15) is 8.42 Å². The summed E-state index contributed by atoms with van der Waals surface area (Å²) in [5.74, 6) is -0.0214. The van der Waals surface area contributed by atoms with Crippen molar-refractivity contribution in [1.29, 1.82) is 0 Å². The van der Waals surface area contributed by atoms with E-state index in [4.69, 9.17) is 18.4 Å². The number of hydrogen-bond donors (Lipinski definition) is 0. The Balaban J connectivity index is 1.36. The van der Waals surface area contributed by atoms with E-state index in [0.29, 0.717) is 19.6 Å². The minimum atomic E-state index is -3.87. The van der Waals surface area contributed by atoms with Crippen LogP contribution in [0.3, 0.4) is 0 Å². The SMILES string of the molecule is CCOc1ccc(CCC[C@]2(Cn3ccnc3)OC[C@H](COS(=O)(=O)c3ccc(C)cc3)O2)cc1. The second-order valence-electron chi connectivity index (χ2n) is 8.68. The summed E-state index contributed by atoms with van der Waals surface area (Å²) in [4.78, 5) is 4.24. The van der Waals surface area contributed by atoms with E-state index in [9.17, 15) is 8.42 Å². The molecule has 1 aromatic heterocycles. The van der Waals surface area contributed by atoms with Gasteiger partial charge in [0.15, 0.2) is 5.79 Å². The molecule has 0 aliphatic carbocycles. The third-order valence-electron chi connectivity index (χ3n) is 5.87. The maximum absolute atomic E-state index is 12.6. The Labute approximate surface area is 206 Å². The Morgan fingerprint density at radius 2 is 1.91 bits per heavy atom. The van der Waals surface area contributed by atoms with Gasteiger partial charge in [0, 0.05) is 18.8 Å². The van der Waals surface area contributed by atoms with Crippen LogP contribution >= 0.6 is 0 Å². The fraction of sp³-hybridized carbons (Fsp3) is 0.423. The standard InChI is InChI=1S/C26H32N2O6S/c1-3-31-23-10-8-22(9-11-23)5-4-14-26(19-28-16-15-27-20-28)32-17-24(34-26)18-33-35(29,30)25-12-6-21(2)7-13-25/h6-13,15-16,20,24H,3-5,14,17-19H2,1-2H3/t24-,26+/m1/s1. The number of aryl methyl sites for hydroxylation is 2. The Hall–Kier alpha value is -2.72. The number of aromatic nitrogens is 2. The molecule has 0 bridgehead atoms. The van der Waals surface area contributed by atoms with Gasteiger partial charge < -0.3 is 18.8 Å². The molecule has 1 aliphatic rings. The Morgan fingerprint density at radius 3 is 2.60 bits per heavy atom. The quantitative estimate of drug-likeness (QED) is 0.346. The number of nitrogens with zero attached hydrogens (tertiary/aromatic N) is 2. The average molecular weight is 501 g/mol. The van der Waals surface area contributed by atoms with E-state index in [1.54, 1.807) is 36.8 Å². The molecular weight excluding hydrogens is 468 g/mol. The van der Waals surface area contributed by atoms with Gasteiger partial charge in [0.1, 0.15) is 11.9 Å². The lowest BCUT2D eigenvalue weighted by Gasteiger charge is -2.28. The van der Waals surface area contributed by atoms with Crippen LogP contribution in [-0.2, 0) is 36.7 Å². The summed E-state index contributed by atoms with van der Waals surface area (Å²) in [6, 6.07) is 14.7. The molecule has 3 aromatic rings. The van der Waals surface area contributed by atoms with Gasteiger partial charge in [-0.25, -0.2) is 4.98 Å². The van der Waals surface area contributed by atoms with Gasteiger partial charge in [0.05, 0.1) is 37.6 Å². The maximum atomic E-state index is 12.6. The van der Waals surface area contributed by atoms with Crippen molar-refractivity contribution in [3.8, 4) is 5.75 Å². The molecule has 2 atom stereocenters. The first-order chi connectivity index (χ1) is 16.9. The molecule has 0 unspecified atom stereocenters. The highest BCUT2D eigenvalue weighted by Gasteiger charge is 2.42. The number of ether oxygens (including phenoxy) is 3. The largest absolute Gasteiger partial charge is 0.494 e. The molecule has 1 saturated heterocycles. The molecular formula is C26H32N2O6S. The molecule has 188 valence electrons. The second kappa shape index (κ2) is 11.3. The van der Waals surface area contributed by atoms with Gasteiger partial charge in [0.2, 0.25) is 0 Å². The first-order valence-corrected chi connectivity index (χ1v) is 13.2. The van der Waals surface area contributed by atoms with Gasteiger partial charge in [-0.05, 0) is 56.5 Å². The lowest BCUT2D eigenvalue weighted by atomic mass is 10.0. The Morgan fingerprint density at radius 1 is 1.14 bits per heavy atom. The summed E-state index contributed by atoms with van der Waals surface area (Å²) in [6.07, 6.45) is 7.10. The van der Waals surface area contributed by atoms with E-state index in [1.165, 1.54) is 5.56 Å². The zero-order valence-electron chi connectivity index (χ0n) is 20.1. The fourth-order valence-corrected chi connectivity index (χ4v) is 5.01. The van der Waals surface area contributed by atoms with E-state index in [-0.39, 0.29) is 18.1 Å². The Kier molecular flexibility index (Phi) is 8.22. The summed E-state index contributed by atoms with van der Waals surface area (Å²) in [7, 11) is -3.87. The predicted octanol–water partition coefficient (Wildman–Crippen LogP) is 4.13. The molecule has 4 rings (SSSR count). The summed E-state index contributed by atoms with van der Waals surface area (Å²) in [5.41, 5.74) is 2.18. The monoisotopic (exact) mass is 500 g/mol. The molecule has 0 saturated carbocycles. The molecule has 0 spiro atoms. The minimum Gasteiger partial charge on any atom is -0.494 e. The molecule has 2 aromatic carbocycles. The number of rotatable bonds is 12. The summed E-state index contributed by atoms with van der Waals surface area (Å²) >= 11 is 0. The molecule has 0 amide bonds. The molecule has 9 heteroatoms. The van der Waals surface area contributed by atoms with Gasteiger partial charge in [-0.15, -0.1) is 0 Å². The number of imidazole rings is 1. The summed E-state index contributed by atoms with van der Waals surface area (Å²) in [6.45, 7) is 5.10. The molecule has 0 radical (unpaired) electrons. The lowest BCUT2D eigenvalue weighted by molar-refractivity contribution is -0.185. The van der Waals surface area contributed by atoms with Crippen molar-refractivity contribution < 1.29 is 26.8 Å². The van der Waals surface area contributed by atoms with E-state index >= 15 is 0 Å². The van der Waals surface area contributed by atoms with Crippen LogP contribution < -0.4 is 4.74 Å². The van der Waals surface area contributed by atoms with Crippen LogP contribution in [-0.4, -0.2) is 49.7 Å². The molecule has 1 aliphatic heterocycles. The molecule has 0 N–H and O–H groups in total. The van der Waals surface area contributed by atoms with Crippen LogP contribution in [0.15, 0.2) is 72.1 Å². The van der Waals surface area contributed by atoms with Crippen molar-refractivity contribution in [1.82, 2.24) is 9.55 Å². The van der Waals surface area contributed by atoms with Crippen molar-refractivity contribution in [2.24, 2.45) is 0 Å². The van der Waals surface area contributed by atoms with Crippen molar-refractivity contribution in [2.45, 2.75) is 56.4 Å². The van der Waals surface area contributed by atoms with Crippen LogP contribution in [0, 0.1) is 6.92 Å². The number of benzene rings is 2. The summed E-state index contributed by atoms with van der Waals surface area (Å²) < 4.78 is 50.3. The van der Waals surface area contributed by atoms with Crippen molar-refractivity contribution in [3.05, 3.63) is 78.4 Å². The topological polar surface area (TPSA) is 88.9 Å². The van der Waals surface area contributed by atoms with Crippen molar-refractivity contribution in [2.75, 3.05) is 19.8 Å². The van der Waals surface area contributed by atoms with Crippen LogP contribution in [0.4, 0.5) is 0 Å². The second-order valence-corrected chi connectivity index (χ2v) is 10.3. The molecule has 35 heavy (non-hydrogen) atoms. The summed E-state index contributed by atoms with van der Waals surface area (Å²) in [5, 5.41) is 0. The molecule has 8 nitrogen and oxygen atoms in total. The smallest absolute Gasteiger partial charge is 0.297 e. The van der Waals surface area contributed by atoms with Gasteiger partial charge in [0.25, 0.3) is 10.1 Å². The van der Waals surface area contributed by atoms with Crippen LogP contribution in [0.2, 0.25) is 0 Å². The van der Waals surface area contributed by atoms with Gasteiger partial charge in [-0.1, -0.05) is 29.8 Å². The van der Waals surface area contributed by atoms with Crippen LogP contribution in [0.5, 0.6) is 5.75 Å². The van der Waals surface area contributed by atoms with Crippen LogP contribution in [0.1, 0.15) is 30.9 Å². The highest BCUT2D eigenvalue weighted by atomic mass is 32.2. The Bertz CT molecular complexity index is 1160. The first-order valence-electron chi connectivity index (χ1n) is 11.8. The third kappa shape index (κ3) is 6.91. The van der Waals surface area contributed by atoms with Crippen molar-refractivity contribution in [3.63, 3.8) is 0 Å². The van der Waals surface area contributed by atoms with Gasteiger partial charge >= 0.3 is 0 Å². The van der Waals surface area contributed by atoms with Gasteiger partial charge in [-0.3, -0.25) is 4.18 Å². The van der Waals surface area contributed by atoms with E-state index in [1.807, 2.05) is 36.7 Å². The zero-order chi connectivity index (χ0) is 24.7. The normalized spacial score (nSPS) is 20.2. The first kappa shape index (κ1) is 25.4. The fourth-order valence-electron chi connectivity index (χ4n) is 4.07. The third-order valence-corrected chi connectivity index (χ3v) is 7.17. The highest BCUT2D eigenvalue weighted by molar-refractivity contribution is 7.86. The van der Waals surface area contributed by atoms with Crippen LogP contribution in [0.25, 0.3) is 0 Å². The predicted molar refractivity (Wildman–Crippen MR) is 131 cm³/mol. The maximum Gasteiger partial charge on any atom is 0.297 e. The number of hydrogen-bond acceptors (Lipinski definition) is 7. The average Bonchev–Trinajstić information content (AvgIpc) is 3.50. The zero-order valence-corrected chi connectivity index (χ0v) is 20.9. The minimum absolute atomic E-state index is 0.110. The van der Waals surface area contributed by atoms with E-state index in [2.05, 4.69) is 17.1 Å². The van der Waals surface area contributed by atoms with E-state index in [0.717, 1.165) is 24.2 Å². The highest BCUT2D eigenvalue weighted by Crippen LogP contribution is 2.32. The van der Waals surface area contributed by atoms with E-state index < -0.39 is 22.0 Å².